The second-order valence-corrected chi connectivity index (χ2v) is 11.4. The van der Waals surface area contributed by atoms with Crippen molar-refractivity contribution < 1.29 is 13.2 Å². The van der Waals surface area contributed by atoms with Gasteiger partial charge in [-0.3, -0.25) is 4.79 Å². The average Bonchev–Trinajstić information content (AvgIpc) is 2.94. The third kappa shape index (κ3) is 7.09. The Morgan fingerprint density at radius 1 is 1.03 bits per heavy atom. The van der Waals surface area contributed by atoms with Crippen molar-refractivity contribution in [2.45, 2.75) is 82.3 Å². The standard InChI is InChI=1S/C24H40N2O3S/c1-5-25(16-9-10-18-26-17-8-6-7-11-24(26)27)19-21(4)22-12-14-23(15-13-22)30(28,29)20(2)3/h12-15,20-21H,5-11,16-19H2,1-4H3. The second-order valence-electron chi connectivity index (χ2n) is 8.86. The van der Waals surface area contributed by atoms with Crippen LogP contribution < -0.4 is 0 Å². The minimum Gasteiger partial charge on any atom is -0.343 e. The van der Waals surface area contributed by atoms with Gasteiger partial charge in [-0.1, -0.05) is 32.4 Å². The summed E-state index contributed by atoms with van der Waals surface area (Å²) in [6, 6.07) is 7.41. The van der Waals surface area contributed by atoms with Crippen LogP contribution in [0.3, 0.4) is 0 Å². The number of carbonyl (C=O) groups is 1. The molecule has 0 N–H and O–H groups in total. The summed E-state index contributed by atoms with van der Waals surface area (Å²) in [6.07, 6.45) is 6.22. The molecular formula is C24H40N2O3S. The van der Waals surface area contributed by atoms with Gasteiger partial charge in [0.15, 0.2) is 9.84 Å². The number of hydrogen-bond donors (Lipinski definition) is 0. The van der Waals surface area contributed by atoms with Gasteiger partial charge >= 0.3 is 0 Å². The van der Waals surface area contributed by atoms with Crippen LogP contribution in [-0.4, -0.2) is 62.1 Å². The molecular weight excluding hydrogens is 396 g/mol. The lowest BCUT2D eigenvalue weighted by molar-refractivity contribution is -0.130. The van der Waals surface area contributed by atoms with Gasteiger partial charge in [0.25, 0.3) is 0 Å². The van der Waals surface area contributed by atoms with E-state index in [9.17, 15) is 13.2 Å². The summed E-state index contributed by atoms with van der Waals surface area (Å²) in [5.74, 6) is 0.671. The number of hydrogen-bond acceptors (Lipinski definition) is 4. The molecule has 0 aliphatic carbocycles. The highest BCUT2D eigenvalue weighted by Gasteiger charge is 2.20. The summed E-state index contributed by atoms with van der Waals surface area (Å²) in [4.78, 5) is 17.0. The highest BCUT2D eigenvalue weighted by atomic mass is 32.2. The van der Waals surface area contributed by atoms with Crippen molar-refractivity contribution in [3.63, 3.8) is 0 Å². The lowest BCUT2D eigenvalue weighted by Crippen LogP contribution is -2.32. The van der Waals surface area contributed by atoms with Crippen molar-refractivity contribution in [1.29, 1.82) is 0 Å². The quantitative estimate of drug-likeness (QED) is 0.480. The first kappa shape index (κ1) is 24.9. The van der Waals surface area contributed by atoms with Crippen LogP contribution in [0.5, 0.6) is 0 Å². The van der Waals surface area contributed by atoms with Crippen LogP contribution in [0.2, 0.25) is 0 Å². The third-order valence-electron chi connectivity index (χ3n) is 6.20. The number of sulfone groups is 1. The van der Waals surface area contributed by atoms with Gasteiger partial charge in [0.05, 0.1) is 10.1 Å². The Labute approximate surface area is 183 Å². The van der Waals surface area contributed by atoms with E-state index >= 15 is 0 Å². The Balaban J connectivity index is 1.81. The minimum atomic E-state index is -3.22. The third-order valence-corrected chi connectivity index (χ3v) is 8.37. The molecule has 1 aliphatic heterocycles. The van der Waals surface area contributed by atoms with Gasteiger partial charge < -0.3 is 9.80 Å². The van der Waals surface area contributed by atoms with E-state index in [1.165, 1.54) is 12.0 Å². The zero-order chi connectivity index (χ0) is 22.1. The first-order valence-electron chi connectivity index (χ1n) is 11.6. The SMILES string of the molecule is CCN(CCCCN1CCCCCC1=O)CC(C)c1ccc(S(=O)(=O)C(C)C)cc1. The summed E-state index contributed by atoms with van der Waals surface area (Å²) in [6.45, 7) is 12.6. The van der Waals surface area contributed by atoms with Gasteiger partial charge in [-0.2, -0.15) is 0 Å². The smallest absolute Gasteiger partial charge is 0.222 e. The van der Waals surface area contributed by atoms with E-state index in [0.717, 1.165) is 64.8 Å². The van der Waals surface area contributed by atoms with Gasteiger partial charge in [-0.05, 0) is 76.2 Å². The van der Waals surface area contributed by atoms with Crippen LogP contribution in [0.15, 0.2) is 29.2 Å². The Morgan fingerprint density at radius 3 is 2.37 bits per heavy atom. The number of unbranched alkanes of at least 4 members (excludes halogenated alkanes) is 1. The molecule has 1 amide bonds. The Morgan fingerprint density at radius 2 is 1.73 bits per heavy atom. The molecule has 1 saturated heterocycles. The van der Waals surface area contributed by atoms with Crippen LogP contribution >= 0.6 is 0 Å². The number of benzene rings is 1. The monoisotopic (exact) mass is 436 g/mol. The molecule has 1 unspecified atom stereocenters. The summed E-state index contributed by atoms with van der Waals surface area (Å²) >= 11 is 0. The molecule has 30 heavy (non-hydrogen) atoms. The summed E-state index contributed by atoms with van der Waals surface area (Å²) in [5, 5.41) is -0.402. The molecule has 1 fully saturated rings. The number of likely N-dealkylation sites (N-methyl/N-ethyl adjacent to an activating group) is 1. The number of amides is 1. The molecule has 0 aromatic heterocycles. The molecule has 6 heteroatoms. The maximum absolute atomic E-state index is 12.3. The highest BCUT2D eigenvalue weighted by molar-refractivity contribution is 7.92. The molecule has 0 spiro atoms. The van der Waals surface area contributed by atoms with E-state index in [2.05, 4.69) is 23.6 Å². The number of rotatable bonds is 11. The molecule has 0 radical (unpaired) electrons. The predicted molar refractivity (Wildman–Crippen MR) is 124 cm³/mol. The zero-order valence-corrected chi connectivity index (χ0v) is 20.1. The number of likely N-dealkylation sites (tertiary alicyclic amines) is 1. The zero-order valence-electron chi connectivity index (χ0n) is 19.3. The van der Waals surface area contributed by atoms with E-state index in [-0.39, 0.29) is 0 Å². The fraction of sp³-hybridized carbons (Fsp3) is 0.708. The van der Waals surface area contributed by atoms with Gasteiger partial charge in [0, 0.05) is 26.1 Å². The van der Waals surface area contributed by atoms with Crippen molar-refractivity contribution in [2.24, 2.45) is 0 Å². The topological polar surface area (TPSA) is 57.7 Å². The fourth-order valence-electron chi connectivity index (χ4n) is 4.04. The van der Waals surface area contributed by atoms with Crippen LogP contribution in [-0.2, 0) is 14.6 Å². The van der Waals surface area contributed by atoms with Crippen molar-refractivity contribution in [3.05, 3.63) is 29.8 Å². The summed E-state index contributed by atoms with van der Waals surface area (Å²) < 4.78 is 24.6. The van der Waals surface area contributed by atoms with Gasteiger partial charge in [0.2, 0.25) is 5.91 Å². The molecule has 0 saturated carbocycles. The molecule has 1 heterocycles. The summed E-state index contributed by atoms with van der Waals surface area (Å²) in [7, 11) is -3.22. The van der Waals surface area contributed by atoms with Crippen LogP contribution in [0.25, 0.3) is 0 Å². The minimum absolute atomic E-state index is 0.330. The lowest BCUT2D eigenvalue weighted by Gasteiger charge is -2.26. The highest BCUT2D eigenvalue weighted by Crippen LogP contribution is 2.22. The van der Waals surface area contributed by atoms with Crippen molar-refractivity contribution in [3.8, 4) is 0 Å². The van der Waals surface area contributed by atoms with Gasteiger partial charge in [-0.25, -0.2) is 8.42 Å². The molecule has 2 rings (SSSR count). The predicted octanol–water partition coefficient (Wildman–Crippen LogP) is 4.48. The van der Waals surface area contributed by atoms with Crippen LogP contribution in [0.1, 0.15) is 77.7 Å². The maximum atomic E-state index is 12.3. The Hall–Kier alpha value is -1.40. The molecule has 1 atom stereocenters. The second kappa shape index (κ2) is 11.8. The summed E-state index contributed by atoms with van der Waals surface area (Å²) in [5.41, 5.74) is 1.17. The first-order valence-corrected chi connectivity index (χ1v) is 13.1. The molecule has 1 aliphatic rings. The normalized spacial score (nSPS) is 16.9. The Bertz CT molecular complexity index is 759. The molecule has 1 aromatic carbocycles. The molecule has 1 aromatic rings. The molecule has 0 bridgehead atoms. The van der Waals surface area contributed by atoms with E-state index in [4.69, 9.17) is 0 Å². The van der Waals surface area contributed by atoms with Crippen molar-refractivity contribution in [1.82, 2.24) is 9.80 Å². The van der Waals surface area contributed by atoms with E-state index in [1.54, 1.807) is 26.0 Å². The van der Waals surface area contributed by atoms with Gasteiger partial charge in [-0.15, -0.1) is 0 Å². The molecule has 170 valence electrons. The molecule has 5 nitrogen and oxygen atoms in total. The maximum Gasteiger partial charge on any atom is 0.222 e. The number of carbonyl (C=O) groups excluding carboxylic acids is 1. The largest absolute Gasteiger partial charge is 0.343 e. The fourth-order valence-corrected chi connectivity index (χ4v) is 5.10. The van der Waals surface area contributed by atoms with Crippen molar-refractivity contribution in [2.75, 3.05) is 32.7 Å². The number of nitrogens with zero attached hydrogens (tertiary/aromatic N) is 2. The van der Waals surface area contributed by atoms with Crippen molar-refractivity contribution >= 4 is 15.7 Å². The van der Waals surface area contributed by atoms with E-state index in [0.29, 0.717) is 16.7 Å². The first-order chi connectivity index (χ1) is 14.3. The van der Waals surface area contributed by atoms with E-state index in [1.807, 2.05) is 12.1 Å². The van der Waals surface area contributed by atoms with Crippen LogP contribution in [0, 0.1) is 0 Å². The Kier molecular flexibility index (Phi) is 9.82. The lowest BCUT2D eigenvalue weighted by atomic mass is 10.0. The van der Waals surface area contributed by atoms with Crippen LogP contribution in [0.4, 0.5) is 0 Å². The van der Waals surface area contributed by atoms with E-state index < -0.39 is 15.1 Å². The van der Waals surface area contributed by atoms with Gasteiger partial charge in [0.1, 0.15) is 0 Å². The average molecular weight is 437 g/mol.